The first-order valence-electron chi connectivity index (χ1n) is 4.37. The average Bonchev–Trinajstić information content (AvgIpc) is 2.26. The molecule has 90 valence electrons. The van der Waals surface area contributed by atoms with Gasteiger partial charge in [0, 0.05) is 11.6 Å². The SMILES string of the molecule is COc1ccc([C@H](O)C(F)(F)F)c(OC)c1. The smallest absolute Gasteiger partial charge is 0.418 e. The molecule has 0 aliphatic heterocycles. The van der Waals surface area contributed by atoms with E-state index in [4.69, 9.17) is 14.6 Å². The third-order valence-electron chi connectivity index (χ3n) is 2.05. The second kappa shape index (κ2) is 4.61. The van der Waals surface area contributed by atoms with E-state index in [0.717, 1.165) is 6.07 Å². The Morgan fingerprint density at radius 3 is 2.25 bits per heavy atom. The Labute approximate surface area is 90.4 Å². The summed E-state index contributed by atoms with van der Waals surface area (Å²) in [7, 11) is 2.61. The van der Waals surface area contributed by atoms with Crippen LogP contribution in [0.5, 0.6) is 11.5 Å². The molecule has 6 heteroatoms. The van der Waals surface area contributed by atoms with Gasteiger partial charge in [0.05, 0.1) is 14.2 Å². The fourth-order valence-corrected chi connectivity index (χ4v) is 1.22. The summed E-state index contributed by atoms with van der Waals surface area (Å²) in [6.07, 6.45) is -7.28. The predicted octanol–water partition coefficient (Wildman–Crippen LogP) is 2.30. The summed E-state index contributed by atoms with van der Waals surface area (Å²) in [4.78, 5) is 0. The first kappa shape index (κ1) is 12.6. The predicted molar refractivity (Wildman–Crippen MR) is 50.6 cm³/mol. The Hall–Kier alpha value is -1.43. The first-order valence-corrected chi connectivity index (χ1v) is 4.37. The molecule has 0 spiro atoms. The summed E-state index contributed by atoms with van der Waals surface area (Å²) in [6.45, 7) is 0. The summed E-state index contributed by atoms with van der Waals surface area (Å²) in [5, 5.41) is 9.09. The number of aliphatic hydroxyl groups is 1. The lowest BCUT2D eigenvalue weighted by atomic mass is 10.1. The van der Waals surface area contributed by atoms with Gasteiger partial charge in [-0.2, -0.15) is 13.2 Å². The van der Waals surface area contributed by atoms with Crippen molar-refractivity contribution < 1.29 is 27.8 Å². The zero-order valence-corrected chi connectivity index (χ0v) is 8.71. The molecular weight excluding hydrogens is 225 g/mol. The first-order chi connectivity index (χ1) is 7.40. The van der Waals surface area contributed by atoms with E-state index in [-0.39, 0.29) is 11.3 Å². The zero-order chi connectivity index (χ0) is 12.3. The lowest BCUT2D eigenvalue weighted by Gasteiger charge is -2.18. The molecule has 0 aliphatic rings. The van der Waals surface area contributed by atoms with Gasteiger partial charge in [-0.3, -0.25) is 0 Å². The highest BCUT2D eigenvalue weighted by Gasteiger charge is 2.40. The molecule has 0 radical (unpaired) electrons. The summed E-state index contributed by atoms with van der Waals surface area (Å²) in [5.74, 6) is 0.291. The van der Waals surface area contributed by atoms with Crippen LogP contribution >= 0.6 is 0 Å². The second-order valence-corrected chi connectivity index (χ2v) is 3.05. The third-order valence-corrected chi connectivity index (χ3v) is 2.05. The Kier molecular flexibility index (Phi) is 3.64. The standard InChI is InChI=1S/C10H11F3O3/c1-15-6-3-4-7(8(5-6)16-2)9(14)10(11,12)13/h3-5,9,14H,1-2H3/t9-/m0/s1. The van der Waals surface area contributed by atoms with Crippen LogP contribution in [0, 0.1) is 0 Å². The molecule has 0 saturated carbocycles. The van der Waals surface area contributed by atoms with E-state index in [1.54, 1.807) is 0 Å². The van der Waals surface area contributed by atoms with Crippen LogP contribution in [0.4, 0.5) is 13.2 Å². The maximum Gasteiger partial charge on any atom is 0.418 e. The normalized spacial score (nSPS) is 13.4. The number of hydrogen-bond donors (Lipinski definition) is 1. The van der Waals surface area contributed by atoms with Crippen molar-refractivity contribution in [3.8, 4) is 11.5 Å². The number of alkyl halides is 3. The van der Waals surface area contributed by atoms with Gasteiger partial charge >= 0.3 is 6.18 Å². The number of halogens is 3. The van der Waals surface area contributed by atoms with E-state index in [1.165, 1.54) is 26.4 Å². The van der Waals surface area contributed by atoms with Crippen LogP contribution in [-0.2, 0) is 0 Å². The number of aliphatic hydroxyl groups excluding tert-OH is 1. The Morgan fingerprint density at radius 1 is 1.19 bits per heavy atom. The van der Waals surface area contributed by atoms with E-state index in [2.05, 4.69) is 0 Å². The van der Waals surface area contributed by atoms with Crippen molar-refractivity contribution in [2.45, 2.75) is 12.3 Å². The van der Waals surface area contributed by atoms with Gasteiger partial charge in [-0.25, -0.2) is 0 Å². The van der Waals surface area contributed by atoms with E-state index in [0.29, 0.717) is 5.75 Å². The van der Waals surface area contributed by atoms with Crippen LogP contribution in [0.25, 0.3) is 0 Å². The fraction of sp³-hybridized carbons (Fsp3) is 0.400. The quantitative estimate of drug-likeness (QED) is 0.875. The highest BCUT2D eigenvalue weighted by Crippen LogP contribution is 2.38. The fourth-order valence-electron chi connectivity index (χ4n) is 1.22. The molecule has 0 fully saturated rings. The van der Waals surface area contributed by atoms with Crippen molar-refractivity contribution in [1.29, 1.82) is 0 Å². The van der Waals surface area contributed by atoms with Gasteiger partial charge in [0.1, 0.15) is 11.5 Å². The number of rotatable bonds is 3. The van der Waals surface area contributed by atoms with Crippen molar-refractivity contribution in [2.75, 3.05) is 14.2 Å². The van der Waals surface area contributed by atoms with Crippen LogP contribution in [0.15, 0.2) is 18.2 Å². The number of benzene rings is 1. The van der Waals surface area contributed by atoms with E-state index in [1.807, 2.05) is 0 Å². The van der Waals surface area contributed by atoms with Crippen LogP contribution in [-0.4, -0.2) is 25.5 Å². The highest BCUT2D eigenvalue weighted by atomic mass is 19.4. The maximum atomic E-state index is 12.3. The zero-order valence-electron chi connectivity index (χ0n) is 8.71. The molecule has 0 aliphatic carbocycles. The van der Waals surface area contributed by atoms with Crippen molar-refractivity contribution >= 4 is 0 Å². The number of ether oxygens (including phenoxy) is 2. The minimum atomic E-state index is -4.72. The molecule has 3 nitrogen and oxygen atoms in total. The number of methoxy groups -OCH3 is 2. The van der Waals surface area contributed by atoms with E-state index in [9.17, 15) is 13.2 Å². The minimum Gasteiger partial charge on any atom is -0.497 e. The Bertz CT molecular complexity index is 363. The van der Waals surface area contributed by atoms with E-state index >= 15 is 0 Å². The molecule has 0 amide bonds. The molecule has 1 N–H and O–H groups in total. The van der Waals surface area contributed by atoms with Crippen molar-refractivity contribution in [2.24, 2.45) is 0 Å². The third kappa shape index (κ3) is 2.57. The van der Waals surface area contributed by atoms with Crippen molar-refractivity contribution in [3.63, 3.8) is 0 Å². The Balaban J connectivity index is 3.14. The van der Waals surface area contributed by atoms with E-state index < -0.39 is 12.3 Å². The lowest BCUT2D eigenvalue weighted by molar-refractivity contribution is -0.207. The van der Waals surface area contributed by atoms with Crippen molar-refractivity contribution in [1.82, 2.24) is 0 Å². The molecule has 1 atom stereocenters. The summed E-state index contributed by atoms with van der Waals surface area (Å²) in [6, 6.07) is 3.73. The maximum absolute atomic E-state index is 12.3. The molecule has 1 aromatic rings. The molecule has 0 unspecified atom stereocenters. The molecule has 0 saturated heterocycles. The summed E-state index contributed by atoms with van der Waals surface area (Å²) >= 11 is 0. The minimum absolute atomic E-state index is 0.0656. The largest absolute Gasteiger partial charge is 0.497 e. The summed E-state index contributed by atoms with van der Waals surface area (Å²) in [5.41, 5.74) is -0.337. The topological polar surface area (TPSA) is 38.7 Å². The number of hydrogen-bond acceptors (Lipinski definition) is 3. The Morgan fingerprint density at radius 2 is 1.81 bits per heavy atom. The van der Waals surface area contributed by atoms with Crippen LogP contribution < -0.4 is 9.47 Å². The second-order valence-electron chi connectivity index (χ2n) is 3.05. The average molecular weight is 236 g/mol. The molecule has 0 aromatic heterocycles. The van der Waals surface area contributed by atoms with Gasteiger partial charge in [0.25, 0.3) is 0 Å². The van der Waals surface area contributed by atoms with Gasteiger partial charge < -0.3 is 14.6 Å². The molecule has 16 heavy (non-hydrogen) atoms. The van der Waals surface area contributed by atoms with Gasteiger partial charge in [-0.1, -0.05) is 0 Å². The van der Waals surface area contributed by atoms with Gasteiger partial charge in [-0.15, -0.1) is 0 Å². The van der Waals surface area contributed by atoms with Gasteiger partial charge in [-0.05, 0) is 12.1 Å². The molecule has 1 aromatic carbocycles. The van der Waals surface area contributed by atoms with Crippen LogP contribution in [0.3, 0.4) is 0 Å². The van der Waals surface area contributed by atoms with Crippen molar-refractivity contribution in [3.05, 3.63) is 23.8 Å². The monoisotopic (exact) mass is 236 g/mol. The van der Waals surface area contributed by atoms with Gasteiger partial charge in [0.15, 0.2) is 6.10 Å². The highest BCUT2D eigenvalue weighted by molar-refractivity contribution is 5.42. The molecule has 0 heterocycles. The molecule has 0 bridgehead atoms. The molecule has 1 rings (SSSR count). The van der Waals surface area contributed by atoms with Crippen LogP contribution in [0.1, 0.15) is 11.7 Å². The van der Waals surface area contributed by atoms with Crippen LogP contribution in [0.2, 0.25) is 0 Å². The molecular formula is C10H11F3O3. The lowest BCUT2D eigenvalue weighted by Crippen LogP contribution is -2.20. The summed E-state index contributed by atoms with van der Waals surface area (Å²) < 4.78 is 46.5. The van der Waals surface area contributed by atoms with Gasteiger partial charge in [0.2, 0.25) is 0 Å².